The highest BCUT2D eigenvalue weighted by molar-refractivity contribution is 8.00. The quantitative estimate of drug-likeness (QED) is 0.378. The molecule has 0 aromatic rings. The Bertz CT molecular complexity index is 439. The molecule has 1 saturated carbocycles. The lowest BCUT2D eigenvalue weighted by Gasteiger charge is -2.18. The van der Waals surface area contributed by atoms with Crippen molar-refractivity contribution in [2.24, 2.45) is 11.8 Å². The summed E-state index contributed by atoms with van der Waals surface area (Å²) in [6.07, 6.45) is 12.5. The first-order valence-electron chi connectivity index (χ1n) is 9.93. The number of hydrogen-bond acceptors (Lipinski definition) is 4. The Morgan fingerprint density at radius 1 is 1.24 bits per heavy atom. The van der Waals surface area contributed by atoms with Crippen LogP contribution in [-0.4, -0.2) is 44.0 Å². The molecule has 1 heterocycles. The average molecular weight is 371 g/mol. The van der Waals surface area contributed by atoms with Crippen LogP contribution in [0.15, 0.2) is 12.2 Å². The molecule has 6 atom stereocenters. The number of fused-ring (bicyclic) bond motifs is 1. The van der Waals surface area contributed by atoms with E-state index in [4.69, 9.17) is 5.11 Å². The predicted molar refractivity (Wildman–Crippen MR) is 103 cm³/mol. The molecular weight excluding hydrogens is 336 g/mol. The maximum absolute atomic E-state index is 10.6. The Hall–Kier alpha value is -0.520. The zero-order chi connectivity index (χ0) is 18.2. The molecule has 2 fully saturated rings. The van der Waals surface area contributed by atoms with Gasteiger partial charge >= 0.3 is 5.97 Å². The first-order valence-corrected chi connectivity index (χ1v) is 10.9. The van der Waals surface area contributed by atoms with E-state index in [0.29, 0.717) is 16.4 Å². The van der Waals surface area contributed by atoms with Gasteiger partial charge in [0.15, 0.2) is 0 Å². The Morgan fingerprint density at radius 2 is 2.04 bits per heavy atom. The number of carboxylic acids is 1. The molecule has 0 aromatic carbocycles. The van der Waals surface area contributed by atoms with Gasteiger partial charge in [-0.25, -0.2) is 0 Å². The summed E-state index contributed by atoms with van der Waals surface area (Å²) >= 11 is 1.99. The molecule has 0 radical (unpaired) electrons. The molecule has 1 saturated heterocycles. The fourth-order valence-electron chi connectivity index (χ4n) is 4.24. The van der Waals surface area contributed by atoms with Crippen molar-refractivity contribution in [3.63, 3.8) is 0 Å². The number of hydrogen-bond donors (Lipinski definition) is 3. The number of unbranched alkanes of at least 4 members (excludes halogenated alkanes) is 3. The van der Waals surface area contributed by atoms with Crippen molar-refractivity contribution in [1.82, 2.24) is 0 Å². The lowest BCUT2D eigenvalue weighted by Crippen LogP contribution is -2.19. The van der Waals surface area contributed by atoms with E-state index in [0.717, 1.165) is 57.8 Å². The van der Waals surface area contributed by atoms with Gasteiger partial charge in [0.25, 0.3) is 0 Å². The van der Waals surface area contributed by atoms with Crippen LogP contribution in [0, 0.1) is 11.8 Å². The normalized spacial score (nSPS) is 33.0. The van der Waals surface area contributed by atoms with E-state index in [1.54, 1.807) is 0 Å². The third-order valence-electron chi connectivity index (χ3n) is 5.62. The van der Waals surface area contributed by atoms with Crippen molar-refractivity contribution in [3.8, 4) is 0 Å². The molecule has 0 aromatic heterocycles. The summed E-state index contributed by atoms with van der Waals surface area (Å²) < 4.78 is 0. The number of thioether (sulfide) groups is 1. The molecule has 1 aliphatic carbocycles. The number of rotatable bonds is 11. The van der Waals surface area contributed by atoms with Crippen LogP contribution in [-0.2, 0) is 4.79 Å². The van der Waals surface area contributed by atoms with E-state index < -0.39 is 12.1 Å². The summed E-state index contributed by atoms with van der Waals surface area (Å²) in [7, 11) is 0. The van der Waals surface area contributed by atoms with E-state index >= 15 is 0 Å². The van der Waals surface area contributed by atoms with Gasteiger partial charge in [-0.1, -0.05) is 44.8 Å². The van der Waals surface area contributed by atoms with E-state index in [9.17, 15) is 15.0 Å². The highest BCUT2D eigenvalue weighted by Gasteiger charge is 2.47. The van der Waals surface area contributed by atoms with Gasteiger partial charge in [-0.05, 0) is 38.0 Å². The number of aliphatic carboxylic acids is 1. The van der Waals surface area contributed by atoms with Gasteiger partial charge in [0, 0.05) is 22.8 Å². The predicted octanol–water partition coefficient (Wildman–Crippen LogP) is 4.00. The van der Waals surface area contributed by atoms with Crippen LogP contribution in [0.4, 0.5) is 0 Å². The standard InChI is InChI=1S/C20H34O4S/c1-2-3-4-7-14(21)10-11-16-17-12-15(8-5-6-9-20(23)24)25-19(17)13-18(16)22/h10-11,14-19,21-22H,2-9,12-13H2,1H3,(H,23,24)/b11-10+/t14-,15?,16+,17+,18+,19+/m0/s1. The van der Waals surface area contributed by atoms with Gasteiger partial charge in [-0.2, -0.15) is 11.8 Å². The van der Waals surface area contributed by atoms with Gasteiger partial charge in [0.1, 0.15) is 0 Å². The van der Waals surface area contributed by atoms with E-state index in [1.165, 1.54) is 0 Å². The van der Waals surface area contributed by atoms with Crippen molar-refractivity contribution in [3.05, 3.63) is 12.2 Å². The molecule has 5 heteroatoms. The monoisotopic (exact) mass is 370 g/mol. The average Bonchev–Trinajstić information content (AvgIpc) is 3.06. The fraction of sp³-hybridized carbons (Fsp3) is 0.850. The van der Waals surface area contributed by atoms with Crippen LogP contribution in [0.2, 0.25) is 0 Å². The Labute approximate surface area is 156 Å². The molecule has 2 aliphatic rings. The second-order valence-electron chi connectivity index (χ2n) is 7.66. The summed E-state index contributed by atoms with van der Waals surface area (Å²) in [5.74, 6) is -0.0346. The molecule has 0 bridgehead atoms. The van der Waals surface area contributed by atoms with Crippen LogP contribution in [0.3, 0.4) is 0 Å². The van der Waals surface area contributed by atoms with Crippen molar-refractivity contribution in [2.45, 2.75) is 93.8 Å². The topological polar surface area (TPSA) is 77.8 Å². The van der Waals surface area contributed by atoms with Gasteiger partial charge < -0.3 is 15.3 Å². The molecular formula is C20H34O4S. The van der Waals surface area contributed by atoms with Gasteiger partial charge in [-0.15, -0.1) is 0 Å². The second-order valence-corrected chi connectivity index (χ2v) is 9.21. The van der Waals surface area contributed by atoms with Crippen molar-refractivity contribution < 1.29 is 20.1 Å². The maximum atomic E-state index is 10.6. The van der Waals surface area contributed by atoms with E-state index in [2.05, 4.69) is 13.0 Å². The van der Waals surface area contributed by atoms with E-state index in [-0.39, 0.29) is 18.4 Å². The number of aliphatic hydroxyl groups excluding tert-OH is 2. The minimum absolute atomic E-state index is 0.169. The third-order valence-corrected chi connectivity index (χ3v) is 7.32. The lowest BCUT2D eigenvalue weighted by atomic mass is 9.89. The Kier molecular flexibility index (Phi) is 8.80. The SMILES string of the molecule is CCCCC[C@H](O)/C=C/[C@@H]1[C@H]2CC(CCCCC(=O)O)S[C@@H]2C[C@H]1O. The first-order chi connectivity index (χ1) is 12.0. The zero-order valence-electron chi connectivity index (χ0n) is 15.3. The molecule has 0 spiro atoms. The van der Waals surface area contributed by atoms with Crippen LogP contribution >= 0.6 is 11.8 Å². The highest BCUT2D eigenvalue weighted by Crippen LogP contribution is 2.52. The third kappa shape index (κ3) is 6.61. The molecule has 144 valence electrons. The van der Waals surface area contributed by atoms with Gasteiger partial charge in [-0.3, -0.25) is 4.79 Å². The zero-order valence-corrected chi connectivity index (χ0v) is 16.2. The fourth-order valence-corrected chi connectivity index (χ4v) is 6.17. The maximum Gasteiger partial charge on any atom is 0.303 e. The van der Waals surface area contributed by atoms with Gasteiger partial charge in [0.05, 0.1) is 12.2 Å². The summed E-state index contributed by atoms with van der Waals surface area (Å²) in [5.41, 5.74) is 0. The molecule has 0 amide bonds. The van der Waals surface area contributed by atoms with Crippen LogP contribution < -0.4 is 0 Å². The van der Waals surface area contributed by atoms with Crippen molar-refractivity contribution >= 4 is 17.7 Å². The van der Waals surface area contributed by atoms with Crippen LogP contribution in [0.1, 0.15) is 71.1 Å². The summed E-state index contributed by atoms with van der Waals surface area (Å²) in [6.45, 7) is 2.16. The molecule has 25 heavy (non-hydrogen) atoms. The number of aliphatic hydroxyl groups is 2. The highest BCUT2D eigenvalue weighted by atomic mass is 32.2. The molecule has 1 unspecified atom stereocenters. The summed E-state index contributed by atoms with van der Waals surface area (Å²) in [6, 6.07) is 0. The second kappa shape index (κ2) is 10.6. The Morgan fingerprint density at radius 3 is 2.76 bits per heavy atom. The van der Waals surface area contributed by atoms with Crippen LogP contribution in [0.25, 0.3) is 0 Å². The van der Waals surface area contributed by atoms with Gasteiger partial charge in [0.2, 0.25) is 0 Å². The number of carbonyl (C=O) groups is 1. The largest absolute Gasteiger partial charge is 0.481 e. The smallest absolute Gasteiger partial charge is 0.303 e. The van der Waals surface area contributed by atoms with Crippen molar-refractivity contribution in [1.29, 1.82) is 0 Å². The van der Waals surface area contributed by atoms with E-state index in [1.807, 2.05) is 17.8 Å². The minimum atomic E-state index is -0.707. The molecule has 4 nitrogen and oxygen atoms in total. The molecule has 2 rings (SSSR count). The molecule has 1 aliphatic heterocycles. The summed E-state index contributed by atoms with van der Waals surface area (Å²) in [4.78, 5) is 10.6. The first kappa shape index (κ1) is 20.8. The Balaban J connectivity index is 1.76. The summed E-state index contributed by atoms with van der Waals surface area (Å²) in [5, 5.41) is 30.3. The van der Waals surface area contributed by atoms with Crippen LogP contribution in [0.5, 0.6) is 0 Å². The minimum Gasteiger partial charge on any atom is -0.481 e. The van der Waals surface area contributed by atoms with Crippen molar-refractivity contribution in [2.75, 3.05) is 0 Å². The molecule has 3 N–H and O–H groups in total. The number of carboxylic acid groups (broad SMARTS) is 1. The lowest BCUT2D eigenvalue weighted by molar-refractivity contribution is -0.137.